The highest BCUT2D eigenvalue weighted by atomic mass is 19.1. The Labute approximate surface area is 118 Å². The Bertz CT molecular complexity index is 558. The first kappa shape index (κ1) is 14.5. The van der Waals surface area contributed by atoms with Crippen LogP contribution in [0.25, 0.3) is 0 Å². The zero-order chi connectivity index (χ0) is 14.5. The maximum absolute atomic E-state index is 13.2. The molecule has 0 aliphatic rings. The summed E-state index contributed by atoms with van der Waals surface area (Å²) in [6.45, 7) is 4.55. The molecule has 2 rings (SSSR count). The van der Waals surface area contributed by atoms with E-state index in [1.165, 1.54) is 12.3 Å². The fraction of sp³-hybridized carbons (Fsp3) is 0.312. The fourth-order valence-corrected chi connectivity index (χ4v) is 2.13. The van der Waals surface area contributed by atoms with E-state index in [0.29, 0.717) is 17.9 Å². The third kappa shape index (κ3) is 3.33. The van der Waals surface area contributed by atoms with Gasteiger partial charge in [-0.05, 0) is 25.5 Å². The molecule has 0 fully saturated rings. The van der Waals surface area contributed by atoms with E-state index >= 15 is 0 Å². The van der Waals surface area contributed by atoms with Gasteiger partial charge in [0.05, 0.1) is 12.8 Å². The number of aromatic nitrogens is 1. The van der Waals surface area contributed by atoms with E-state index in [4.69, 9.17) is 0 Å². The normalized spacial score (nSPS) is 10.8. The summed E-state index contributed by atoms with van der Waals surface area (Å²) in [5.41, 5.74) is 1.66. The van der Waals surface area contributed by atoms with Gasteiger partial charge in [-0.25, -0.2) is 9.37 Å². The SMILES string of the molecule is CC(C)N(Cc1ccccc1)c1ncc(F)cc1CO. The Morgan fingerprint density at radius 1 is 1.25 bits per heavy atom. The lowest BCUT2D eigenvalue weighted by Crippen LogP contribution is -2.32. The fourth-order valence-electron chi connectivity index (χ4n) is 2.13. The molecule has 0 saturated carbocycles. The molecule has 20 heavy (non-hydrogen) atoms. The van der Waals surface area contributed by atoms with Crippen molar-refractivity contribution in [1.29, 1.82) is 0 Å². The van der Waals surface area contributed by atoms with Gasteiger partial charge in [0, 0.05) is 18.2 Å². The van der Waals surface area contributed by atoms with E-state index in [0.717, 1.165) is 5.56 Å². The van der Waals surface area contributed by atoms with Crippen LogP contribution in [-0.4, -0.2) is 16.1 Å². The summed E-state index contributed by atoms with van der Waals surface area (Å²) in [7, 11) is 0. The van der Waals surface area contributed by atoms with Gasteiger partial charge in [-0.1, -0.05) is 30.3 Å². The van der Waals surface area contributed by atoms with E-state index < -0.39 is 5.82 Å². The van der Waals surface area contributed by atoms with Gasteiger partial charge >= 0.3 is 0 Å². The molecule has 0 aliphatic heterocycles. The lowest BCUT2D eigenvalue weighted by molar-refractivity contribution is 0.280. The van der Waals surface area contributed by atoms with Crippen LogP contribution in [0.5, 0.6) is 0 Å². The second-order valence-corrected chi connectivity index (χ2v) is 5.00. The van der Waals surface area contributed by atoms with Gasteiger partial charge in [-0.3, -0.25) is 0 Å². The van der Waals surface area contributed by atoms with Gasteiger partial charge in [0.25, 0.3) is 0 Å². The number of benzene rings is 1. The maximum atomic E-state index is 13.2. The average molecular weight is 274 g/mol. The quantitative estimate of drug-likeness (QED) is 0.910. The van der Waals surface area contributed by atoms with E-state index in [9.17, 15) is 9.50 Å². The molecule has 1 N–H and O–H groups in total. The summed E-state index contributed by atoms with van der Waals surface area (Å²) in [6, 6.07) is 11.5. The molecule has 0 amide bonds. The largest absolute Gasteiger partial charge is 0.392 e. The van der Waals surface area contributed by atoms with Crippen LogP contribution < -0.4 is 4.90 Å². The summed E-state index contributed by atoms with van der Waals surface area (Å²) in [6.07, 6.45) is 1.19. The van der Waals surface area contributed by atoms with E-state index in [-0.39, 0.29) is 12.6 Å². The minimum absolute atomic E-state index is 0.193. The number of rotatable bonds is 5. The Kier molecular flexibility index (Phi) is 4.69. The zero-order valence-electron chi connectivity index (χ0n) is 11.8. The van der Waals surface area contributed by atoms with Gasteiger partial charge in [0.1, 0.15) is 11.6 Å². The van der Waals surface area contributed by atoms with Crippen molar-refractivity contribution in [2.75, 3.05) is 4.90 Å². The molecule has 0 radical (unpaired) electrons. The van der Waals surface area contributed by atoms with Crippen LogP contribution in [0.15, 0.2) is 42.6 Å². The van der Waals surface area contributed by atoms with Crippen LogP contribution >= 0.6 is 0 Å². The number of anilines is 1. The third-order valence-corrected chi connectivity index (χ3v) is 3.17. The first-order valence-electron chi connectivity index (χ1n) is 6.67. The van der Waals surface area contributed by atoms with Crippen LogP contribution in [0, 0.1) is 5.82 Å². The smallest absolute Gasteiger partial charge is 0.142 e. The highest BCUT2D eigenvalue weighted by molar-refractivity contribution is 5.48. The van der Waals surface area contributed by atoms with Crippen LogP contribution in [0.2, 0.25) is 0 Å². The van der Waals surface area contributed by atoms with Crippen molar-refractivity contribution < 1.29 is 9.50 Å². The van der Waals surface area contributed by atoms with Crippen LogP contribution in [0.1, 0.15) is 25.0 Å². The Morgan fingerprint density at radius 2 is 1.95 bits per heavy atom. The van der Waals surface area contributed by atoms with Gasteiger partial charge < -0.3 is 10.0 Å². The van der Waals surface area contributed by atoms with Gasteiger partial charge in [-0.2, -0.15) is 0 Å². The molecule has 1 aromatic carbocycles. The van der Waals surface area contributed by atoms with Gasteiger partial charge in [-0.15, -0.1) is 0 Å². The number of hydrogen-bond acceptors (Lipinski definition) is 3. The lowest BCUT2D eigenvalue weighted by atomic mass is 10.1. The minimum Gasteiger partial charge on any atom is -0.392 e. The van der Waals surface area contributed by atoms with Crippen molar-refractivity contribution >= 4 is 5.82 Å². The summed E-state index contributed by atoms with van der Waals surface area (Å²) in [4.78, 5) is 6.21. The summed E-state index contributed by atoms with van der Waals surface area (Å²) < 4.78 is 13.2. The molecule has 0 bridgehead atoms. The second kappa shape index (κ2) is 6.48. The van der Waals surface area contributed by atoms with Crippen molar-refractivity contribution in [3.63, 3.8) is 0 Å². The van der Waals surface area contributed by atoms with E-state index in [1.54, 1.807) is 0 Å². The molecule has 2 aromatic rings. The summed E-state index contributed by atoms with van der Waals surface area (Å²) >= 11 is 0. The molecule has 0 atom stereocenters. The molecular weight excluding hydrogens is 255 g/mol. The summed E-state index contributed by atoms with van der Waals surface area (Å²) in [5.74, 6) is 0.203. The molecule has 1 aromatic heterocycles. The second-order valence-electron chi connectivity index (χ2n) is 5.00. The average Bonchev–Trinajstić information content (AvgIpc) is 2.46. The first-order chi connectivity index (χ1) is 9.61. The van der Waals surface area contributed by atoms with Crippen molar-refractivity contribution in [2.45, 2.75) is 33.0 Å². The van der Waals surface area contributed by atoms with Crippen LogP contribution in [0.4, 0.5) is 10.2 Å². The maximum Gasteiger partial charge on any atom is 0.142 e. The number of pyridine rings is 1. The predicted octanol–water partition coefficient (Wildman–Crippen LogP) is 3.13. The third-order valence-electron chi connectivity index (χ3n) is 3.17. The van der Waals surface area contributed by atoms with Crippen molar-refractivity contribution in [2.24, 2.45) is 0 Å². The van der Waals surface area contributed by atoms with Crippen LogP contribution in [-0.2, 0) is 13.2 Å². The van der Waals surface area contributed by atoms with E-state index in [2.05, 4.69) is 23.7 Å². The number of nitrogens with zero attached hydrogens (tertiary/aromatic N) is 2. The molecule has 0 aliphatic carbocycles. The molecule has 0 spiro atoms. The molecule has 1 heterocycles. The molecule has 3 nitrogen and oxygen atoms in total. The van der Waals surface area contributed by atoms with Crippen LogP contribution in [0.3, 0.4) is 0 Å². The molecule has 0 unspecified atom stereocenters. The number of aliphatic hydroxyl groups excluding tert-OH is 1. The Balaban J connectivity index is 2.34. The molecule has 4 heteroatoms. The predicted molar refractivity (Wildman–Crippen MR) is 77.9 cm³/mol. The highest BCUT2D eigenvalue weighted by Crippen LogP contribution is 2.23. The molecule has 106 valence electrons. The van der Waals surface area contributed by atoms with Gasteiger partial charge in [0.15, 0.2) is 0 Å². The standard InChI is InChI=1S/C16H19FN2O/c1-12(2)19(10-13-6-4-3-5-7-13)16-14(11-20)8-15(17)9-18-16/h3-9,12,20H,10-11H2,1-2H3. The molecular formula is C16H19FN2O. The van der Waals surface area contributed by atoms with Crippen molar-refractivity contribution in [1.82, 2.24) is 4.98 Å². The van der Waals surface area contributed by atoms with E-state index in [1.807, 2.05) is 30.3 Å². The van der Waals surface area contributed by atoms with Crippen molar-refractivity contribution in [3.05, 3.63) is 59.5 Å². The number of hydrogen-bond donors (Lipinski definition) is 1. The highest BCUT2D eigenvalue weighted by Gasteiger charge is 2.16. The summed E-state index contributed by atoms with van der Waals surface area (Å²) in [5, 5.41) is 9.41. The molecule has 0 saturated heterocycles. The number of aliphatic hydroxyl groups is 1. The Hall–Kier alpha value is -1.94. The minimum atomic E-state index is -0.429. The lowest BCUT2D eigenvalue weighted by Gasteiger charge is -2.29. The topological polar surface area (TPSA) is 36.4 Å². The Morgan fingerprint density at radius 3 is 2.55 bits per heavy atom. The zero-order valence-corrected chi connectivity index (χ0v) is 11.8. The van der Waals surface area contributed by atoms with Gasteiger partial charge in [0.2, 0.25) is 0 Å². The van der Waals surface area contributed by atoms with Crippen molar-refractivity contribution in [3.8, 4) is 0 Å². The first-order valence-corrected chi connectivity index (χ1v) is 6.67. The number of halogens is 1. The monoisotopic (exact) mass is 274 g/mol.